The molecule has 0 bridgehead atoms. The van der Waals surface area contributed by atoms with Crippen molar-refractivity contribution in [1.82, 2.24) is 0 Å². The van der Waals surface area contributed by atoms with Crippen molar-refractivity contribution in [2.75, 3.05) is 16.8 Å². The Labute approximate surface area is 101 Å². The Morgan fingerprint density at radius 1 is 1.38 bits per heavy atom. The van der Waals surface area contributed by atoms with Crippen LogP contribution in [0.25, 0.3) is 0 Å². The highest BCUT2D eigenvalue weighted by Gasteiger charge is 2.00. The van der Waals surface area contributed by atoms with Gasteiger partial charge in [-0.3, -0.25) is 4.79 Å². The van der Waals surface area contributed by atoms with Crippen molar-refractivity contribution in [2.45, 2.75) is 13.3 Å². The number of para-hydroxylation sites is 1. The molecule has 1 amide bonds. The van der Waals surface area contributed by atoms with Gasteiger partial charge in [0, 0.05) is 17.9 Å². The monoisotopic (exact) mass is 233 g/mol. The SMILES string of the molecule is CC#CCCSCC(=O)Nc1ccccc1. The molecule has 16 heavy (non-hydrogen) atoms. The maximum absolute atomic E-state index is 11.5. The van der Waals surface area contributed by atoms with Crippen LogP contribution in [-0.4, -0.2) is 17.4 Å². The maximum Gasteiger partial charge on any atom is 0.234 e. The molecule has 0 spiro atoms. The molecular weight excluding hydrogens is 218 g/mol. The molecular formula is C13H15NOS. The summed E-state index contributed by atoms with van der Waals surface area (Å²) >= 11 is 1.61. The number of amides is 1. The van der Waals surface area contributed by atoms with E-state index in [4.69, 9.17) is 0 Å². The molecule has 1 rings (SSSR count). The third kappa shape index (κ3) is 5.47. The fraction of sp³-hybridized carbons (Fsp3) is 0.308. The number of rotatable bonds is 5. The maximum atomic E-state index is 11.5. The molecule has 0 saturated heterocycles. The molecule has 0 aliphatic rings. The Balaban J connectivity index is 2.18. The highest BCUT2D eigenvalue weighted by atomic mass is 32.2. The first-order valence-electron chi connectivity index (χ1n) is 5.15. The van der Waals surface area contributed by atoms with E-state index in [-0.39, 0.29) is 5.91 Å². The summed E-state index contributed by atoms with van der Waals surface area (Å²) in [6, 6.07) is 9.49. The highest BCUT2D eigenvalue weighted by molar-refractivity contribution is 7.99. The quantitative estimate of drug-likeness (QED) is 0.626. The minimum absolute atomic E-state index is 0.0423. The molecule has 2 nitrogen and oxygen atoms in total. The van der Waals surface area contributed by atoms with Gasteiger partial charge in [-0.05, 0) is 19.1 Å². The smallest absolute Gasteiger partial charge is 0.234 e. The van der Waals surface area contributed by atoms with Crippen LogP contribution in [0.4, 0.5) is 5.69 Å². The van der Waals surface area contributed by atoms with E-state index < -0.39 is 0 Å². The lowest BCUT2D eigenvalue weighted by Gasteiger charge is -2.03. The second kappa shape index (κ2) is 7.84. The lowest BCUT2D eigenvalue weighted by atomic mass is 10.3. The van der Waals surface area contributed by atoms with Gasteiger partial charge in [-0.15, -0.1) is 11.8 Å². The van der Waals surface area contributed by atoms with Crippen molar-refractivity contribution >= 4 is 23.4 Å². The van der Waals surface area contributed by atoms with Gasteiger partial charge in [-0.2, -0.15) is 11.8 Å². The van der Waals surface area contributed by atoms with E-state index in [1.807, 2.05) is 37.3 Å². The van der Waals surface area contributed by atoms with E-state index in [9.17, 15) is 4.79 Å². The Bertz CT molecular complexity index is 378. The normalized spacial score (nSPS) is 9.06. The molecule has 0 unspecified atom stereocenters. The molecule has 0 aliphatic carbocycles. The lowest BCUT2D eigenvalue weighted by Crippen LogP contribution is -2.14. The Morgan fingerprint density at radius 2 is 2.12 bits per heavy atom. The van der Waals surface area contributed by atoms with Crippen LogP contribution in [0.3, 0.4) is 0 Å². The first-order chi connectivity index (χ1) is 7.83. The number of hydrogen-bond acceptors (Lipinski definition) is 2. The van der Waals surface area contributed by atoms with Crippen LogP contribution < -0.4 is 5.32 Å². The number of nitrogens with one attached hydrogen (secondary N) is 1. The van der Waals surface area contributed by atoms with Gasteiger partial charge in [0.2, 0.25) is 5.91 Å². The van der Waals surface area contributed by atoms with E-state index in [1.54, 1.807) is 11.8 Å². The number of thioether (sulfide) groups is 1. The second-order valence-electron chi connectivity index (χ2n) is 3.14. The molecule has 84 valence electrons. The molecule has 0 atom stereocenters. The average molecular weight is 233 g/mol. The molecule has 0 aromatic heterocycles. The van der Waals surface area contributed by atoms with Crippen LogP contribution in [0.1, 0.15) is 13.3 Å². The number of carbonyl (C=O) groups excluding carboxylic acids is 1. The van der Waals surface area contributed by atoms with Gasteiger partial charge >= 0.3 is 0 Å². The van der Waals surface area contributed by atoms with Crippen LogP contribution >= 0.6 is 11.8 Å². The average Bonchev–Trinajstić information content (AvgIpc) is 2.30. The molecule has 1 aromatic rings. The molecule has 3 heteroatoms. The van der Waals surface area contributed by atoms with Crippen LogP contribution in [0.5, 0.6) is 0 Å². The summed E-state index contributed by atoms with van der Waals surface area (Å²) in [5, 5.41) is 2.84. The van der Waals surface area contributed by atoms with Crippen LogP contribution in [0, 0.1) is 11.8 Å². The molecule has 1 N–H and O–H groups in total. The topological polar surface area (TPSA) is 29.1 Å². The predicted molar refractivity (Wildman–Crippen MR) is 70.5 cm³/mol. The van der Waals surface area contributed by atoms with E-state index in [1.165, 1.54) is 0 Å². The van der Waals surface area contributed by atoms with Crippen LogP contribution in [0.2, 0.25) is 0 Å². The highest BCUT2D eigenvalue weighted by Crippen LogP contribution is 2.07. The summed E-state index contributed by atoms with van der Waals surface area (Å²) in [7, 11) is 0. The van der Waals surface area contributed by atoms with Gasteiger partial charge in [0.1, 0.15) is 0 Å². The first-order valence-corrected chi connectivity index (χ1v) is 6.30. The van der Waals surface area contributed by atoms with E-state index >= 15 is 0 Å². The zero-order valence-electron chi connectivity index (χ0n) is 9.32. The minimum Gasteiger partial charge on any atom is -0.325 e. The summed E-state index contributed by atoms with van der Waals surface area (Å²) in [5.41, 5.74) is 0.849. The van der Waals surface area contributed by atoms with Crippen molar-refractivity contribution in [3.8, 4) is 11.8 Å². The predicted octanol–water partition coefficient (Wildman–Crippen LogP) is 2.77. The van der Waals surface area contributed by atoms with Crippen LogP contribution in [0.15, 0.2) is 30.3 Å². The molecule has 0 radical (unpaired) electrons. The third-order valence-electron chi connectivity index (χ3n) is 1.84. The van der Waals surface area contributed by atoms with Gasteiger partial charge in [0.05, 0.1) is 5.75 Å². The van der Waals surface area contributed by atoms with E-state index in [2.05, 4.69) is 17.2 Å². The summed E-state index contributed by atoms with van der Waals surface area (Å²) in [6.07, 6.45) is 0.847. The van der Waals surface area contributed by atoms with Crippen molar-refractivity contribution < 1.29 is 4.79 Å². The largest absolute Gasteiger partial charge is 0.325 e. The minimum atomic E-state index is 0.0423. The summed E-state index contributed by atoms with van der Waals surface area (Å²) in [4.78, 5) is 11.5. The van der Waals surface area contributed by atoms with Crippen LogP contribution in [-0.2, 0) is 4.79 Å². The molecule has 0 saturated carbocycles. The zero-order chi connectivity index (χ0) is 11.6. The van der Waals surface area contributed by atoms with E-state index in [0.717, 1.165) is 17.9 Å². The molecule has 0 heterocycles. The number of carbonyl (C=O) groups is 1. The number of benzene rings is 1. The van der Waals surface area contributed by atoms with Gasteiger partial charge in [-0.25, -0.2) is 0 Å². The van der Waals surface area contributed by atoms with E-state index in [0.29, 0.717) is 5.75 Å². The summed E-state index contributed by atoms with van der Waals surface area (Å²) in [5.74, 6) is 7.24. The standard InChI is InChI=1S/C13H15NOS/c1-2-3-7-10-16-11-13(15)14-12-8-5-4-6-9-12/h4-6,8-9H,7,10-11H2,1H3,(H,14,15). The fourth-order valence-electron chi connectivity index (χ4n) is 1.13. The van der Waals surface area contributed by atoms with Gasteiger partial charge in [0.25, 0.3) is 0 Å². The van der Waals surface area contributed by atoms with Crippen molar-refractivity contribution in [3.63, 3.8) is 0 Å². The zero-order valence-corrected chi connectivity index (χ0v) is 10.1. The second-order valence-corrected chi connectivity index (χ2v) is 4.25. The van der Waals surface area contributed by atoms with Crippen molar-refractivity contribution in [3.05, 3.63) is 30.3 Å². The van der Waals surface area contributed by atoms with Gasteiger partial charge in [-0.1, -0.05) is 18.2 Å². The Kier molecular flexibility index (Phi) is 6.20. The van der Waals surface area contributed by atoms with Gasteiger partial charge in [0.15, 0.2) is 0 Å². The summed E-state index contributed by atoms with van der Waals surface area (Å²) < 4.78 is 0. The Hall–Kier alpha value is -1.40. The molecule has 0 aliphatic heterocycles. The third-order valence-corrected chi connectivity index (χ3v) is 2.80. The Morgan fingerprint density at radius 3 is 2.81 bits per heavy atom. The molecule has 0 fully saturated rings. The number of hydrogen-bond donors (Lipinski definition) is 1. The first kappa shape index (κ1) is 12.7. The fourth-order valence-corrected chi connectivity index (χ4v) is 1.78. The van der Waals surface area contributed by atoms with Crippen molar-refractivity contribution in [2.24, 2.45) is 0 Å². The van der Waals surface area contributed by atoms with Crippen molar-refractivity contribution in [1.29, 1.82) is 0 Å². The lowest BCUT2D eigenvalue weighted by molar-refractivity contribution is -0.113. The summed E-state index contributed by atoms with van der Waals surface area (Å²) in [6.45, 7) is 1.83. The van der Waals surface area contributed by atoms with Gasteiger partial charge < -0.3 is 5.32 Å². The molecule has 1 aromatic carbocycles. The number of anilines is 1.